The smallest absolute Gasteiger partial charge is 0.248 e. The number of ether oxygens (including phenoxy) is 1. The molecule has 2 aromatic carbocycles. The molecule has 2 rings (SSSR count). The van der Waals surface area contributed by atoms with Gasteiger partial charge in [0.2, 0.25) is 5.91 Å². The summed E-state index contributed by atoms with van der Waals surface area (Å²) in [4.78, 5) is 11.2. The molecule has 0 saturated heterocycles. The number of carbonyl (C=O) groups excluding carboxylic acids is 1. The third-order valence-electron chi connectivity index (χ3n) is 2.78. The summed E-state index contributed by atoms with van der Waals surface area (Å²) < 4.78 is 6.67. The lowest BCUT2D eigenvalue weighted by atomic mass is 10.1. The van der Waals surface area contributed by atoms with E-state index in [0.29, 0.717) is 11.3 Å². The molecule has 1 amide bonds. The number of halogens is 1. The fraction of sp³-hybridized carbons (Fsp3) is 0.133. The van der Waals surface area contributed by atoms with Crippen molar-refractivity contribution in [1.82, 2.24) is 0 Å². The molecule has 98 valence electrons. The lowest BCUT2D eigenvalue weighted by Crippen LogP contribution is -2.12. The standard InChI is InChI=1S/C15H14BrNO2/c1-9-3-6-14(13(16)7-9)19-11-4-5-12(15(17)18)10(2)8-11/h3-8H,1-2H3,(H2,17,18). The van der Waals surface area contributed by atoms with Crippen molar-refractivity contribution in [3.8, 4) is 11.5 Å². The van der Waals surface area contributed by atoms with E-state index >= 15 is 0 Å². The molecule has 2 aromatic rings. The van der Waals surface area contributed by atoms with Gasteiger partial charge in [-0.15, -0.1) is 0 Å². The molecule has 0 aliphatic carbocycles. The van der Waals surface area contributed by atoms with Crippen molar-refractivity contribution in [2.24, 2.45) is 5.73 Å². The Labute approximate surface area is 120 Å². The van der Waals surface area contributed by atoms with Crippen LogP contribution in [0, 0.1) is 13.8 Å². The van der Waals surface area contributed by atoms with E-state index in [1.165, 1.54) is 0 Å². The number of primary amides is 1. The zero-order valence-corrected chi connectivity index (χ0v) is 12.3. The zero-order chi connectivity index (χ0) is 14.0. The van der Waals surface area contributed by atoms with Crippen LogP contribution in [0.3, 0.4) is 0 Å². The molecule has 19 heavy (non-hydrogen) atoms. The first-order valence-corrected chi connectivity index (χ1v) is 6.61. The summed E-state index contributed by atoms with van der Waals surface area (Å²) >= 11 is 3.46. The molecule has 0 fully saturated rings. The average molecular weight is 320 g/mol. The lowest BCUT2D eigenvalue weighted by molar-refractivity contribution is 0.0999. The van der Waals surface area contributed by atoms with Crippen LogP contribution >= 0.6 is 15.9 Å². The van der Waals surface area contributed by atoms with Crippen molar-refractivity contribution < 1.29 is 9.53 Å². The first kappa shape index (κ1) is 13.6. The minimum absolute atomic E-state index is 0.430. The largest absolute Gasteiger partial charge is 0.456 e. The van der Waals surface area contributed by atoms with Gasteiger partial charge in [0.15, 0.2) is 0 Å². The summed E-state index contributed by atoms with van der Waals surface area (Å²) in [6, 6.07) is 11.1. The second-order valence-electron chi connectivity index (χ2n) is 4.38. The van der Waals surface area contributed by atoms with Crippen molar-refractivity contribution in [3.05, 3.63) is 57.6 Å². The van der Waals surface area contributed by atoms with Gasteiger partial charge in [-0.25, -0.2) is 0 Å². The minimum Gasteiger partial charge on any atom is -0.456 e. The number of benzene rings is 2. The van der Waals surface area contributed by atoms with E-state index < -0.39 is 5.91 Å². The summed E-state index contributed by atoms with van der Waals surface area (Å²) in [5, 5.41) is 0. The fourth-order valence-corrected chi connectivity index (χ4v) is 2.37. The van der Waals surface area contributed by atoms with Gasteiger partial charge < -0.3 is 10.5 Å². The molecule has 0 bridgehead atoms. The second kappa shape index (κ2) is 5.45. The molecule has 0 unspecified atom stereocenters. The fourth-order valence-electron chi connectivity index (χ4n) is 1.79. The Hall–Kier alpha value is -1.81. The van der Waals surface area contributed by atoms with Crippen molar-refractivity contribution in [2.45, 2.75) is 13.8 Å². The normalized spacial score (nSPS) is 10.3. The monoisotopic (exact) mass is 319 g/mol. The summed E-state index contributed by atoms with van der Waals surface area (Å²) in [6.07, 6.45) is 0. The number of hydrogen-bond acceptors (Lipinski definition) is 2. The molecule has 3 nitrogen and oxygen atoms in total. The molecule has 0 saturated carbocycles. The zero-order valence-electron chi connectivity index (χ0n) is 10.7. The summed E-state index contributed by atoms with van der Waals surface area (Å²) in [5.41, 5.74) is 7.73. The summed E-state index contributed by atoms with van der Waals surface area (Å²) in [6.45, 7) is 3.84. The SMILES string of the molecule is Cc1ccc(Oc2ccc(C(N)=O)c(C)c2)c(Br)c1. The van der Waals surface area contributed by atoms with Gasteiger partial charge in [-0.05, 0) is 71.2 Å². The van der Waals surface area contributed by atoms with Gasteiger partial charge in [-0.2, -0.15) is 0 Å². The highest BCUT2D eigenvalue weighted by Gasteiger charge is 2.08. The molecular formula is C15H14BrNO2. The highest BCUT2D eigenvalue weighted by molar-refractivity contribution is 9.10. The number of rotatable bonds is 3. The van der Waals surface area contributed by atoms with Crippen molar-refractivity contribution in [2.75, 3.05) is 0 Å². The Bertz CT molecular complexity index is 638. The highest BCUT2D eigenvalue weighted by atomic mass is 79.9. The topological polar surface area (TPSA) is 52.3 Å². The first-order chi connectivity index (χ1) is 8.97. The highest BCUT2D eigenvalue weighted by Crippen LogP contribution is 2.31. The molecule has 0 aliphatic heterocycles. The van der Waals surface area contributed by atoms with Gasteiger partial charge in [-0.1, -0.05) is 6.07 Å². The lowest BCUT2D eigenvalue weighted by Gasteiger charge is -2.10. The first-order valence-electron chi connectivity index (χ1n) is 5.82. The number of hydrogen-bond donors (Lipinski definition) is 1. The van der Waals surface area contributed by atoms with Crippen LogP contribution in [0.2, 0.25) is 0 Å². The third kappa shape index (κ3) is 3.15. The molecule has 0 spiro atoms. The van der Waals surface area contributed by atoms with Crippen LogP contribution in [0.4, 0.5) is 0 Å². The predicted molar refractivity (Wildman–Crippen MR) is 78.6 cm³/mol. The molecule has 2 N–H and O–H groups in total. The van der Waals surface area contributed by atoms with Gasteiger partial charge in [0.1, 0.15) is 11.5 Å². The number of amides is 1. The second-order valence-corrected chi connectivity index (χ2v) is 5.23. The van der Waals surface area contributed by atoms with Crippen LogP contribution in [0.25, 0.3) is 0 Å². The van der Waals surface area contributed by atoms with Gasteiger partial charge in [0.05, 0.1) is 4.47 Å². The maximum atomic E-state index is 11.2. The average Bonchev–Trinajstić information content (AvgIpc) is 2.32. The molecule has 0 radical (unpaired) electrons. The number of aryl methyl sites for hydroxylation is 2. The van der Waals surface area contributed by atoms with Crippen LogP contribution in [-0.4, -0.2) is 5.91 Å². The van der Waals surface area contributed by atoms with E-state index in [4.69, 9.17) is 10.5 Å². The van der Waals surface area contributed by atoms with E-state index in [-0.39, 0.29) is 0 Å². The van der Waals surface area contributed by atoms with Crippen LogP contribution in [0.5, 0.6) is 11.5 Å². The van der Waals surface area contributed by atoms with E-state index in [2.05, 4.69) is 15.9 Å². The number of carbonyl (C=O) groups is 1. The number of nitrogens with two attached hydrogens (primary N) is 1. The van der Waals surface area contributed by atoms with E-state index in [0.717, 1.165) is 21.3 Å². The molecule has 0 atom stereocenters. The Balaban J connectivity index is 2.29. The van der Waals surface area contributed by atoms with Crippen molar-refractivity contribution >= 4 is 21.8 Å². The molecular weight excluding hydrogens is 306 g/mol. The molecule has 0 aliphatic rings. The van der Waals surface area contributed by atoms with Gasteiger partial charge >= 0.3 is 0 Å². The van der Waals surface area contributed by atoms with E-state index in [1.54, 1.807) is 18.2 Å². The summed E-state index contributed by atoms with van der Waals surface area (Å²) in [7, 11) is 0. The van der Waals surface area contributed by atoms with Crippen LogP contribution < -0.4 is 10.5 Å². The Morgan fingerprint density at radius 3 is 2.47 bits per heavy atom. The Morgan fingerprint density at radius 1 is 1.16 bits per heavy atom. The van der Waals surface area contributed by atoms with Gasteiger partial charge in [0.25, 0.3) is 0 Å². The van der Waals surface area contributed by atoms with Crippen LogP contribution in [0.1, 0.15) is 21.5 Å². The van der Waals surface area contributed by atoms with Crippen LogP contribution in [-0.2, 0) is 0 Å². The Kier molecular flexibility index (Phi) is 3.90. The minimum atomic E-state index is -0.430. The maximum Gasteiger partial charge on any atom is 0.248 e. The van der Waals surface area contributed by atoms with E-state index in [1.807, 2.05) is 32.0 Å². The quantitative estimate of drug-likeness (QED) is 0.931. The molecule has 4 heteroatoms. The molecule has 0 aromatic heterocycles. The van der Waals surface area contributed by atoms with Gasteiger partial charge in [-0.3, -0.25) is 4.79 Å². The Morgan fingerprint density at radius 2 is 1.89 bits per heavy atom. The maximum absolute atomic E-state index is 11.2. The van der Waals surface area contributed by atoms with Crippen LogP contribution in [0.15, 0.2) is 40.9 Å². The van der Waals surface area contributed by atoms with E-state index in [9.17, 15) is 4.79 Å². The van der Waals surface area contributed by atoms with Gasteiger partial charge in [0, 0.05) is 5.56 Å². The van der Waals surface area contributed by atoms with Crippen molar-refractivity contribution in [1.29, 1.82) is 0 Å². The predicted octanol–water partition coefficient (Wildman–Crippen LogP) is 3.96. The molecule has 0 heterocycles. The third-order valence-corrected chi connectivity index (χ3v) is 3.40. The van der Waals surface area contributed by atoms with Crippen molar-refractivity contribution in [3.63, 3.8) is 0 Å². The summed E-state index contributed by atoms with van der Waals surface area (Å²) in [5.74, 6) is 0.976.